The third-order valence-corrected chi connectivity index (χ3v) is 2.42. The van der Waals surface area contributed by atoms with Crippen molar-refractivity contribution in [1.29, 1.82) is 0 Å². The van der Waals surface area contributed by atoms with E-state index in [0.29, 0.717) is 5.69 Å². The Hall–Kier alpha value is -2.09. The van der Waals surface area contributed by atoms with Crippen LogP contribution in [0.3, 0.4) is 0 Å². The van der Waals surface area contributed by atoms with Crippen molar-refractivity contribution in [2.24, 2.45) is 4.99 Å². The van der Waals surface area contributed by atoms with Crippen LogP contribution < -0.4 is 5.73 Å². The molecule has 0 spiro atoms. The van der Waals surface area contributed by atoms with Crippen LogP contribution >= 0.6 is 0 Å². The average molecular weight is 210 g/mol. The van der Waals surface area contributed by atoms with E-state index in [1.165, 1.54) is 0 Å². The minimum Gasteiger partial charge on any atom is -0.397 e. The summed E-state index contributed by atoms with van der Waals surface area (Å²) < 4.78 is 0. The smallest absolute Gasteiger partial charge is 0.0862 e. The van der Waals surface area contributed by atoms with E-state index in [0.717, 1.165) is 17.0 Å². The Labute approximate surface area is 95.5 Å². The van der Waals surface area contributed by atoms with Gasteiger partial charge in [0.2, 0.25) is 0 Å². The van der Waals surface area contributed by atoms with Crippen LogP contribution in [0.4, 0.5) is 11.4 Å². The minimum atomic E-state index is 0.706. The number of hydrogen-bond acceptors (Lipinski definition) is 2. The molecule has 0 amide bonds. The molecule has 80 valence electrons. The molecule has 0 bridgehead atoms. The number of para-hydroxylation sites is 2. The van der Waals surface area contributed by atoms with Crippen molar-refractivity contribution in [3.05, 3.63) is 60.2 Å². The Morgan fingerprint density at radius 2 is 1.56 bits per heavy atom. The first-order valence-electron chi connectivity index (χ1n) is 5.22. The fourth-order valence-corrected chi connectivity index (χ4v) is 1.51. The van der Waals surface area contributed by atoms with E-state index < -0.39 is 0 Å². The Morgan fingerprint density at radius 1 is 0.938 bits per heavy atom. The molecule has 2 rings (SSSR count). The highest BCUT2D eigenvalue weighted by atomic mass is 14.8. The highest BCUT2D eigenvalue weighted by Crippen LogP contribution is 2.21. The lowest BCUT2D eigenvalue weighted by Gasteiger charge is -2.03. The summed E-state index contributed by atoms with van der Waals surface area (Å²) in [5, 5.41) is 0. The number of aliphatic imine (C=N–C) groups is 1. The van der Waals surface area contributed by atoms with Gasteiger partial charge in [0, 0.05) is 5.71 Å². The molecule has 0 saturated heterocycles. The van der Waals surface area contributed by atoms with E-state index >= 15 is 0 Å². The molecule has 16 heavy (non-hydrogen) atoms. The molecule has 0 atom stereocenters. The molecule has 0 aliphatic carbocycles. The van der Waals surface area contributed by atoms with E-state index in [9.17, 15) is 0 Å². The summed E-state index contributed by atoms with van der Waals surface area (Å²) in [6.07, 6.45) is 0. The summed E-state index contributed by atoms with van der Waals surface area (Å²) in [5.74, 6) is 0. The maximum Gasteiger partial charge on any atom is 0.0862 e. The fraction of sp³-hybridized carbons (Fsp3) is 0.0714. The Morgan fingerprint density at radius 3 is 2.25 bits per heavy atom. The van der Waals surface area contributed by atoms with Crippen molar-refractivity contribution in [2.45, 2.75) is 6.92 Å². The number of nitrogens with zero attached hydrogens (tertiary/aromatic N) is 1. The molecule has 2 heteroatoms. The minimum absolute atomic E-state index is 0.706. The summed E-state index contributed by atoms with van der Waals surface area (Å²) in [6.45, 7) is 1.99. The zero-order valence-corrected chi connectivity index (χ0v) is 9.22. The third kappa shape index (κ3) is 2.28. The summed E-state index contributed by atoms with van der Waals surface area (Å²) in [7, 11) is 0. The number of rotatable bonds is 2. The molecule has 0 aliphatic rings. The van der Waals surface area contributed by atoms with Crippen LogP contribution in [0.25, 0.3) is 0 Å². The molecule has 0 aliphatic heterocycles. The quantitative estimate of drug-likeness (QED) is 0.598. The van der Waals surface area contributed by atoms with Crippen molar-refractivity contribution in [3.8, 4) is 0 Å². The lowest BCUT2D eigenvalue weighted by atomic mass is 10.1. The zero-order chi connectivity index (χ0) is 11.4. The predicted molar refractivity (Wildman–Crippen MR) is 69.2 cm³/mol. The zero-order valence-electron chi connectivity index (χ0n) is 9.22. The Balaban J connectivity index is 2.36. The summed E-state index contributed by atoms with van der Waals surface area (Å²) >= 11 is 0. The van der Waals surface area contributed by atoms with E-state index in [-0.39, 0.29) is 0 Å². The van der Waals surface area contributed by atoms with Crippen molar-refractivity contribution in [3.63, 3.8) is 0 Å². The SMILES string of the molecule is CC(=Nc1ccccc1N)c1ccccc1. The average Bonchev–Trinajstić information content (AvgIpc) is 2.33. The van der Waals surface area contributed by atoms with E-state index in [1.807, 2.05) is 61.5 Å². The Kier molecular flexibility index (Phi) is 3.01. The van der Waals surface area contributed by atoms with Gasteiger partial charge in [-0.05, 0) is 24.6 Å². The first kappa shape index (κ1) is 10.4. The molecule has 0 radical (unpaired) electrons. The van der Waals surface area contributed by atoms with Crippen molar-refractivity contribution in [2.75, 3.05) is 5.73 Å². The second-order valence-corrected chi connectivity index (χ2v) is 3.62. The van der Waals surface area contributed by atoms with Gasteiger partial charge in [-0.15, -0.1) is 0 Å². The molecular weight excluding hydrogens is 196 g/mol. The van der Waals surface area contributed by atoms with Crippen LogP contribution in [0.1, 0.15) is 12.5 Å². The van der Waals surface area contributed by atoms with Gasteiger partial charge in [-0.3, -0.25) is 4.99 Å². The van der Waals surface area contributed by atoms with Gasteiger partial charge in [-0.1, -0.05) is 42.5 Å². The van der Waals surface area contributed by atoms with Gasteiger partial charge in [0.1, 0.15) is 0 Å². The van der Waals surface area contributed by atoms with Crippen LogP contribution in [0.15, 0.2) is 59.6 Å². The third-order valence-electron chi connectivity index (χ3n) is 2.42. The normalized spacial score (nSPS) is 11.4. The lowest BCUT2D eigenvalue weighted by molar-refractivity contribution is 1.47. The molecule has 0 heterocycles. The van der Waals surface area contributed by atoms with Gasteiger partial charge in [0.25, 0.3) is 0 Å². The van der Waals surface area contributed by atoms with Crippen LogP contribution in [0, 0.1) is 0 Å². The lowest BCUT2D eigenvalue weighted by Crippen LogP contribution is -1.94. The second kappa shape index (κ2) is 4.62. The van der Waals surface area contributed by atoms with Gasteiger partial charge in [-0.2, -0.15) is 0 Å². The molecule has 0 aromatic heterocycles. The van der Waals surface area contributed by atoms with Crippen LogP contribution in [0.5, 0.6) is 0 Å². The molecule has 2 nitrogen and oxygen atoms in total. The van der Waals surface area contributed by atoms with Crippen molar-refractivity contribution < 1.29 is 0 Å². The topological polar surface area (TPSA) is 38.4 Å². The van der Waals surface area contributed by atoms with Gasteiger partial charge in [0.05, 0.1) is 11.4 Å². The number of nitrogen functional groups attached to an aromatic ring is 1. The first-order chi connectivity index (χ1) is 7.77. The van der Waals surface area contributed by atoms with Crippen LogP contribution in [-0.4, -0.2) is 5.71 Å². The monoisotopic (exact) mass is 210 g/mol. The molecule has 0 fully saturated rings. The van der Waals surface area contributed by atoms with E-state index in [2.05, 4.69) is 4.99 Å². The van der Waals surface area contributed by atoms with Gasteiger partial charge >= 0.3 is 0 Å². The molecule has 2 N–H and O–H groups in total. The summed E-state index contributed by atoms with van der Waals surface area (Å²) in [5.41, 5.74) is 9.46. The number of benzene rings is 2. The van der Waals surface area contributed by atoms with Crippen molar-refractivity contribution in [1.82, 2.24) is 0 Å². The van der Waals surface area contributed by atoms with Gasteiger partial charge in [0.15, 0.2) is 0 Å². The largest absolute Gasteiger partial charge is 0.397 e. The number of anilines is 1. The molecule has 0 unspecified atom stereocenters. The standard InChI is InChI=1S/C14H14N2/c1-11(12-7-3-2-4-8-12)16-14-10-6-5-9-13(14)15/h2-10H,15H2,1H3. The molecule has 0 saturated carbocycles. The van der Waals surface area contributed by atoms with E-state index in [1.54, 1.807) is 0 Å². The molecule has 2 aromatic rings. The van der Waals surface area contributed by atoms with Crippen molar-refractivity contribution >= 4 is 17.1 Å². The van der Waals surface area contributed by atoms with Gasteiger partial charge < -0.3 is 5.73 Å². The van der Waals surface area contributed by atoms with Gasteiger partial charge in [-0.25, -0.2) is 0 Å². The summed E-state index contributed by atoms with van der Waals surface area (Å²) in [4.78, 5) is 4.52. The van der Waals surface area contributed by atoms with Crippen LogP contribution in [0.2, 0.25) is 0 Å². The number of hydrogen-bond donors (Lipinski definition) is 1. The highest BCUT2D eigenvalue weighted by Gasteiger charge is 1.98. The molecule has 2 aromatic carbocycles. The molecular formula is C14H14N2. The maximum atomic E-state index is 5.84. The summed E-state index contributed by atoms with van der Waals surface area (Å²) in [6, 6.07) is 17.7. The van der Waals surface area contributed by atoms with E-state index in [4.69, 9.17) is 5.73 Å². The Bertz CT molecular complexity index is 501. The maximum absolute atomic E-state index is 5.84. The number of nitrogens with two attached hydrogens (primary N) is 1. The second-order valence-electron chi connectivity index (χ2n) is 3.62. The first-order valence-corrected chi connectivity index (χ1v) is 5.22. The van der Waals surface area contributed by atoms with Crippen LogP contribution in [-0.2, 0) is 0 Å². The fourth-order valence-electron chi connectivity index (χ4n) is 1.51. The predicted octanol–water partition coefficient (Wildman–Crippen LogP) is 3.41. The highest BCUT2D eigenvalue weighted by molar-refractivity contribution is 6.00.